The van der Waals surface area contributed by atoms with Gasteiger partial charge in [-0.05, 0) is 38.2 Å². The van der Waals surface area contributed by atoms with E-state index in [4.69, 9.17) is 21.4 Å². The Labute approximate surface area is 254 Å². The highest BCUT2D eigenvalue weighted by molar-refractivity contribution is 6.30. The van der Waals surface area contributed by atoms with E-state index in [0.717, 1.165) is 5.57 Å². The lowest BCUT2D eigenvalue weighted by Gasteiger charge is -2.30. The van der Waals surface area contributed by atoms with Gasteiger partial charge >= 0.3 is 11.9 Å². The first kappa shape index (κ1) is 37.3. The topological polar surface area (TPSA) is 145 Å². The van der Waals surface area contributed by atoms with Crippen molar-refractivity contribution in [3.63, 3.8) is 0 Å². The van der Waals surface area contributed by atoms with Gasteiger partial charge in [-0.1, -0.05) is 98.7 Å². The fourth-order valence-corrected chi connectivity index (χ4v) is 4.37. The zero-order chi connectivity index (χ0) is 31.7. The highest BCUT2D eigenvalue weighted by Gasteiger charge is 2.34. The van der Waals surface area contributed by atoms with Crippen LogP contribution in [-0.4, -0.2) is 68.0 Å². The maximum absolute atomic E-state index is 12.0. The lowest BCUT2D eigenvalue weighted by Crippen LogP contribution is -2.39. The number of aliphatic hydroxyl groups excluding tert-OH is 4. The third-order valence-electron chi connectivity index (χ3n) is 6.78. The van der Waals surface area contributed by atoms with Crippen LogP contribution in [0.4, 0.5) is 0 Å². The van der Waals surface area contributed by atoms with Gasteiger partial charge < -0.3 is 30.3 Å². The molecule has 0 aliphatic heterocycles. The molecule has 9 heteroatoms. The number of halogens is 1. The molecule has 5 N–H and O–H groups in total. The maximum atomic E-state index is 12.0. The highest BCUT2D eigenvalue weighted by atomic mass is 35.5. The molecular formula is C33H47ClO8. The van der Waals surface area contributed by atoms with Crippen molar-refractivity contribution >= 4 is 23.5 Å². The van der Waals surface area contributed by atoms with E-state index in [1.165, 1.54) is 12.2 Å². The SMILES string of the molecule is CC(/C=C/C=C/C(=O)O[C@@H]1C[C@@H](C(=O)O)CC[C@@H]1O)=C\C=C\C=C(/Cl)[C@@H](C)[C@@H](O)C[C@H](O)C[C@@H](O)/C=C/C=C/C(C)C. The van der Waals surface area contributed by atoms with Crippen LogP contribution in [0.5, 0.6) is 0 Å². The summed E-state index contributed by atoms with van der Waals surface area (Å²) in [5, 5.41) is 50.3. The van der Waals surface area contributed by atoms with E-state index in [1.54, 1.807) is 49.5 Å². The summed E-state index contributed by atoms with van der Waals surface area (Å²) in [6.45, 7) is 7.73. The molecule has 7 atom stereocenters. The second kappa shape index (κ2) is 20.2. The average molecular weight is 607 g/mol. The van der Waals surface area contributed by atoms with Gasteiger partial charge in [0.2, 0.25) is 0 Å². The summed E-state index contributed by atoms with van der Waals surface area (Å²) in [5.74, 6) is -2.23. The van der Waals surface area contributed by atoms with Crippen LogP contribution in [0, 0.1) is 17.8 Å². The molecule has 0 aromatic rings. The first-order valence-corrected chi connectivity index (χ1v) is 14.7. The Kier molecular flexibility index (Phi) is 17.9. The van der Waals surface area contributed by atoms with Crippen LogP contribution in [0.3, 0.4) is 0 Å². The fourth-order valence-electron chi connectivity index (χ4n) is 4.16. The molecule has 0 amide bonds. The number of carbonyl (C=O) groups is 2. The van der Waals surface area contributed by atoms with Gasteiger partial charge in [0.15, 0.2) is 0 Å². The van der Waals surface area contributed by atoms with Crippen LogP contribution in [0.1, 0.15) is 59.8 Å². The first-order valence-electron chi connectivity index (χ1n) is 14.4. The van der Waals surface area contributed by atoms with E-state index in [0.29, 0.717) is 17.4 Å². The van der Waals surface area contributed by atoms with E-state index >= 15 is 0 Å². The van der Waals surface area contributed by atoms with Crippen molar-refractivity contribution in [3.05, 3.63) is 83.5 Å². The summed E-state index contributed by atoms with van der Waals surface area (Å²) in [5.41, 5.74) is 0.879. The Morgan fingerprint density at radius 2 is 1.55 bits per heavy atom. The van der Waals surface area contributed by atoms with E-state index < -0.39 is 54.3 Å². The van der Waals surface area contributed by atoms with Gasteiger partial charge in [-0.3, -0.25) is 4.79 Å². The quantitative estimate of drug-likeness (QED) is 0.0922. The number of carboxylic acid groups (broad SMARTS) is 1. The van der Waals surface area contributed by atoms with Crippen molar-refractivity contribution in [2.24, 2.45) is 17.8 Å². The van der Waals surface area contributed by atoms with Gasteiger partial charge in [0.25, 0.3) is 0 Å². The minimum Gasteiger partial charge on any atom is -0.481 e. The molecule has 0 radical (unpaired) electrons. The molecule has 0 unspecified atom stereocenters. The fraction of sp³-hybridized carbons (Fsp3) is 0.515. The van der Waals surface area contributed by atoms with E-state index in [9.17, 15) is 30.0 Å². The molecule has 1 aliphatic carbocycles. The van der Waals surface area contributed by atoms with Gasteiger partial charge in [-0.25, -0.2) is 4.79 Å². The number of carboxylic acids is 1. The molecule has 0 spiro atoms. The van der Waals surface area contributed by atoms with E-state index in [2.05, 4.69) is 13.8 Å². The van der Waals surface area contributed by atoms with Crippen molar-refractivity contribution in [2.75, 3.05) is 0 Å². The Morgan fingerprint density at radius 1 is 0.905 bits per heavy atom. The number of allylic oxidation sites excluding steroid dienone is 11. The number of aliphatic hydroxyl groups is 4. The van der Waals surface area contributed by atoms with E-state index in [1.807, 2.05) is 25.2 Å². The lowest BCUT2D eigenvalue weighted by atomic mass is 9.85. The lowest BCUT2D eigenvalue weighted by molar-refractivity contribution is -0.159. The molecule has 0 heterocycles. The second-order valence-electron chi connectivity index (χ2n) is 11.0. The number of rotatable bonds is 16. The highest BCUT2D eigenvalue weighted by Crippen LogP contribution is 2.27. The smallest absolute Gasteiger partial charge is 0.331 e. The van der Waals surface area contributed by atoms with Gasteiger partial charge in [0.05, 0.1) is 30.3 Å². The molecule has 234 valence electrons. The number of carbonyl (C=O) groups excluding carboxylic acids is 1. The van der Waals surface area contributed by atoms with Gasteiger partial charge in [-0.2, -0.15) is 0 Å². The predicted octanol–water partition coefficient (Wildman–Crippen LogP) is 5.15. The minimum atomic E-state index is -0.954. The molecule has 0 aromatic heterocycles. The van der Waals surface area contributed by atoms with Crippen molar-refractivity contribution < 1.29 is 39.9 Å². The summed E-state index contributed by atoms with van der Waals surface area (Å²) < 4.78 is 5.23. The van der Waals surface area contributed by atoms with Crippen LogP contribution in [0.25, 0.3) is 0 Å². The summed E-state index contributed by atoms with van der Waals surface area (Å²) in [4.78, 5) is 23.2. The van der Waals surface area contributed by atoms with Crippen LogP contribution in [0.15, 0.2) is 83.5 Å². The normalized spacial score (nSPS) is 23.9. The first-order chi connectivity index (χ1) is 19.8. The van der Waals surface area contributed by atoms with Crippen LogP contribution < -0.4 is 0 Å². The molecule has 42 heavy (non-hydrogen) atoms. The Bertz CT molecular complexity index is 1050. The third kappa shape index (κ3) is 16.0. The largest absolute Gasteiger partial charge is 0.481 e. The van der Waals surface area contributed by atoms with Crippen molar-refractivity contribution in [1.29, 1.82) is 0 Å². The van der Waals surface area contributed by atoms with Crippen molar-refractivity contribution in [2.45, 2.75) is 90.3 Å². The zero-order valence-corrected chi connectivity index (χ0v) is 25.7. The van der Waals surface area contributed by atoms with Gasteiger partial charge in [0, 0.05) is 29.9 Å². The maximum Gasteiger partial charge on any atom is 0.331 e. The van der Waals surface area contributed by atoms with E-state index in [-0.39, 0.29) is 25.7 Å². The van der Waals surface area contributed by atoms with Gasteiger partial charge in [-0.15, -0.1) is 0 Å². The Morgan fingerprint density at radius 3 is 2.21 bits per heavy atom. The minimum absolute atomic E-state index is 0.0800. The number of hydrogen-bond acceptors (Lipinski definition) is 7. The Hall–Kier alpha value is -2.75. The Balaban J connectivity index is 2.50. The number of aliphatic carboxylic acids is 1. The predicted molar refractivity (Wildman–Crippen MR) is 166 cm³/mol. The molecule has 8 nitrogen and oxygen atoms in total. The third-order valence-corrected chi connectivity index (χ3v) is 7.25. The van der Waals surface area contributed by atoms with Crippen molar-refractivity contribution in [1.82, 2.24) is 0 Å². The standard InChI is InChI=1S/C33H47ClO8/c1-22(2)11-5-8-14-26(35)20-27(36)21-30(38)24(4)28(34)15-9-6-12-23(3)13-7-10-16-32(39)42-31-19-25(33(40)41)17-18-29(31)37/h5-16,22,24-27,29-31,35-38H,17-21H2,1-4H3,(H,40,41)/b9-6+,11-5+,13-7+,14-8+,16-10+,23-12+,28-15-/t24-,25+,26+,27-,29+,30+,31-/m1/s1. The molecule has 1 aliphatic rings. The van der Waals surface area contributed by atoms with Crippen LogP contribution >= 0.6 is 11.6 Å². The second-order valence-corrected chi connectivity index (χ2v) is 11.5. The molecular weight excluding hydrogens is 560 g/mol. The summed E-state index contributed by atoms with van der Waals surface area (Å²) in [6.07, 6.45) is 17.0. The molecule has 1 fully saturated rings. The van der Waals surface area contributed by atoms with Gasteiger partial charge in [0.1, 0.15) is 6.10 Å². The molecule has 0 aromatic carbocycles. The number of esters is 1. The number of ether oxygens (including phenoxy) is 1. The monoisotopic (exact) mass is 606 g/mol. The zero-order valence-electron chi connectivity index (χ0n) is 24.9. The van der Waals surface area contributed by atoms with Crippen LogP contribution in [-0.2, 0) is 14.3 Å². The average Bonchev–Trinajstić information content (AvgIpc) is 2.91. The van der Waals surface area contributed by atoms with Crippen molar-refractivity contribution in [3.8, 4) is 0 Å². The van der Waals surface area contributed by atoms with Crippen LogP contribution in [0.2, 0.25) is 0 Å². The summed E-state index contributed by atoms with van der Waals surface area (Å²) in [7, 11) is 0. The molecule has 1 saturated carbocycles. The molecule has 1 rings (SSSR count). The molecule has 0 saturated heterocycles. The molecule has 0 bridgehead atoms. The number of hydrogen-bond donors (Lipinski definition) is 5. The summed E-state index contributed by atoms with van der Waals surface area (Å²) >= 11 is 6.34. The summed E-state index contributed by atoms with van der Waals surface area (Å²) in [6, 6.07) is 0.